The number of aliphatic imine (C=N–C) groups is 2. The quantitative estimate of drug-likeness (QED) is 0.757. The average Bonchev–Trinajstić information content (AvgIpc) is 2.46. The van der Waals surface area contributed by atoms with E-state index in [4.69, 9.17) is 16.2 Å². The van der Waals surface area contributed by atoms with Crippen LogP contribution in [0.4, 0.5) is 5.69 Å². The summed E-state index contributed by atoms with van der Waals surface area (Å²) in [5.41, 5.74) is 12.1. The van der Waals surface area contributed by atoms with Crippen LogP contribution in [0.25, 0.3) is 0 Å². The van der Waals surface area contributed by atoms with Crippen LogP contribution in [0.1, 0.15) is 46.5 Å². The maximum absolute atomic E-state index is 6.03. The molecule has 1 aliphatic rings. The van der Waals surface area contributed by atoms with Crippen molar-refractivity contribution in [1.82, 2.24) is 0 Å². The van der Waals surface area contributed by atoms with Crippen molar-refractivity contribution in [3.8, 4) is 5.75 Å². The summed E-state index contributed by atoms with van der Waals surface area (Å²) in [5, 5.41) is 0. The third kappa shape index (κ3) is 4.37. The van der Waals surface area contributed by atoms with Crippen molar-refractivity contribution < 1.29 is 4.74 Å². The number of hydrogen-bond acceptors (Lipinski definition) is 6. The molecule has 6 nitrogen and oxygen atoms in total. The molecule has 2 rings (SSSR count). The number of guanidine groups is 2. The summed E-state index contributed by atoms with van der Waals surface area (Å²) in [6.07, 6.45) is 4.79. The van der Waals surface area contributed by atoms with Crippen LogP contribution in [-0.2, 0) is 0 Å². The van der Waals surface area contributed by atoms with Crippen molar-refractivity contribution in [3.63, 3.8) is 0 Å². The van der Waals surface area contributed by atoms with Gasteiger partial charge >= 0.3 is 0 Å². The van der Waals surface area contributed by atoms with Gasteiger partial charge in [0.25, 0.3) is 0 Å². The normalized spacial score (nSPS) is 16.7. The molecule has 0 amide bonds. The third-order valence-corrected chi connectivity index (χ3v) is 3.76. The Morgan fingerprint density at radius 3 is 2.39 bits per heavy atom. The molecular weight excluding hydrogens is 290 g/mol. The number of hydrogen-bond donors (Lipinski definition) is 2. The van der Waals surface area contributed by atoms with E-state index in [9.17, 15) is 0 Å². The van der Waals surface area contributed by atoms with Crippen LogP contribution in [0.3, 0.4) is 0 Å². The maximum atomic E-state index is 6.03. The Labute approximate surface area is 138 Å². The molecule has 4 N–H and O–H groups in total. The summed E-state index contributed by atoms with van der Waals surface area (Å²) >= 11 is 0. The van der Waals surface area contributed by atoms with Crippen LogP contribution in [-0.4, -0.2) is 24.2 Å². The summed E-state index contributed by atoms with van der Waals surface area (Å²) in [6, 6.07) is 7.81. The van der Waals surface area contributed by atoms with E-state index in [2.05, 4.69) is 16.9 Å². The first-order valence-electron chi connectivity index (χ1n) is 8.16. The predicted octanol–water partition coefficient (Wildman–Crippen LogP) is 2.83. The molecule has 0 saturated heterocycles. The van der Waals surface area contributed by atoms with Gasteiger partial charge < -0.3 is 16.2 Å². The van der Waals surface area contributed by atoms with Crippen LogP contribution >= 0.6 is 0 Å². The number of unbranched alkanes of at least 4 members (excludes halogenated alkanes) is 3. The van der Waals surface area contributed by atoms with Gasteiger partial charge in [-0.2, -0.15) is 4.99 Å². The SMILES string of the molecule is CCCCCCOc1ccc(N2C(N)=NC(N)=NC2(C)C)cc1. The standard InChI is InChI=1S/C17H27N5O/c1-4-5-6-7-12-23-14-10-8-13(9-11-14)22-16(19)20-15(18)21-17(22,2)3/h8-11H,4-7,12H2,1-3H3,(H4,18,19,20,21). The van der Waals surface area contributed by atoms with E-state index in [0.717, 1.165) is 24.5 Å². The molecule has 0 atom stereocenters. The zero-order valence-electron chi connectivity index (χ0n) is 14.2. The number of nitrogens with zero attached hydrogens (tertiary/aromatic N) is 3. The Morgan fingerprint density at radius 1 is 1.09 bits per heavy atom. The minimum absolute atomic E-state index is 0.204. The van der Waals surface area contributed by atoms with Crippen molar-refractivity contribution in [3.05, 3.63) is 24.3 Å². The Bertz CT molecular complexity index is 577. The Kier molecular flexibility index (Phi) is 5.47. The molecular formula is C17H27N5O. The second-order valence-electron chi connectivity index (χ2n) is 6.17. The van der Waals surface area contributed by atoms with E-state index in [1.54, 1.807) is 0 Å². The lowest BCUT2D eigenvalue weighted by atomic mass is 10.1. The zero-order valence-corrected chi connectivity index (χ0v) is 14.2. The van der Waals surface area contributed by atoms with Gasteiger partial charge in [0.15, 0.2) is 0 Å². The smallest absolute Gasteiger partial charge is 0.220 e. The van der Waals surface area contributed by atoms with Gasteiger partial charge in [-0.3, -0.25) is 4.90 Å². The Balaban J connectivity index is 2.01. The van der Waals surface area contributed by atoms with E-state index in [1.807, 2.05) is 43.0 Å². The number of nitrogens with two attached hydrogens (primary N) is 2. The van der Waals surface area contributed by atoms with E-state index in [-0.39, 0.29) is 5.96 Å². The molecule has 0 saturated carbocycles. The molecule has 0 bridgehead atoms. The van der Waals surface area contributed by atoms with Crippen molar-refractivity contribution in [2.24, 2.45) is 21.5 Å². The van der Waals surface area contributed by atoms with Crippen molar-refractivity contribution in [1.29, 1.82) is 0 Å². The first kappa shape index (κ1) is 17.1. The van der Waals surface area contributed by atoms with Crippen LogP contribution in [0.5, 0.6) is 5.75 Å². The van der Waals surface area contributed by atoms with Crippen molar-refractivity contribution >= 4 is 17.6 Å². The summed E-state index contributed by atoms with van der Waals surface area (Å²) in [6.45, 7) is 6.84. The minimum atomic E-state index is -0.571. The number of benzene rings is 1. The molecule has 1 aromatic rings. The van der Waals surface area contributed by atoms with Gasteiger partial charge in [-0.05, 0) is 44.5 Å². The predicted molar refractivity (Wildman–Crippen MR) is 95.9 cm³/mol. The average molecular weight is 317 g/mol. The van der Waals surface area contributed by atoms with Crippen LogP contribution < -0.4 is 21.1 Å². The second-order valence-corrected chi connectivity index (χ2v) is 6.17. The lowest BCUT2D eigenvalue weighted by Gasteiger charge is -2.38. The molecule has 1 aromatic carbocycles. The number of ether oxygens (including phenoxy) is 1. The van der Waals surface area contributed by atoms with Crippen molar-refractivity contribution in [2.75, 3.05) is 11.5 Å². The van der Waals surface area contributed by atoms with Gasteiger partial charge in [-0.1, -0.05) is 26.2 Å². The molecule has 0 spiro atoms. The summed E-state index contributed by atoms with van der Waals surface area (Å²) in [5.74, 6) is 1.41. The molecule has 23 heavy (non-hydrogen) atoms. The van der Waals surface area contributed by atoms with Crippen LogP contribution in [0.15, 0.2) is 34.3 Å². The van der Waals surface area contributed by atoms with Gasteiger partial charge in [-0.25, -0.2) is 4.99 Å². The Hall–Kier alpha value is -2.24. The van der Waals surface area contributed by atoms with Gasteiger partial charge in [0.2, 0.25) is 11.9 Å². The zero-order chi connectivity index (χ0) is 16.9. The van der Waals surface area contributed by atoms with E-state index in [1.165, 1.54) is 19.3 Å². The highest BCUT2D eigenvalue weighted by molar-refractivity contribution is 6.05. The van der Waals surface area contributed by atoms with Gasteiger partial charge in [0.1, 0.15) is 11.4 Å². The molecule has 0 aromatic heterocycles. The fraction of sp³-hybridized carbons (Fsp3) is 0.529. The molecule has 1 heterocycles. The molecule has 6 heteroatoms. The van der Waals surface area contributed by atoms with E-state index >= 15 is 0 Å². The molecule has 1 aliphatic heterocycles. The fourth-order valence-corrected chi connectivity index (χ4v) is 2.66. The number of rotatable bonds is 7. The molecule has 126 valence electrons. The molecule has 0 fully saturated rings. The summed E-state index contributed by atoms with van der Waals surface area (Å²) in [4.78, 5) is 10.3. The highest BCUT2D eigenvalue weighted by atomic mass is 16.5. The van der Waals surface area contributed by atoms with E-state index < -0.39 is 5.66 Å². The maximum Gasteiger partial charge on any atom is 0.220 e. The van der Waals surface area contributed by atoms with Crippen LogP contribution in [0, 0.1) is 0 Å². The molecule has 0 aliphatic carbocycles. The fourth-order valence-electron chi connectivity index (χ4n) is 2.66. The second kappa shape index (κ2) is 7.35. The first-order valence-corrected chi connectivity index (χ1v) is 8.16. The van der Waals surface area contributed by atoms with Crippen LogP contribution in [0.2, 0.25) is 0 Å². The topological polar surface area (TPSA) is 89.2 Å². The summed E-state index contributed by atoms with van der Waals surface area (Å²) in [7, 11) is 0. The van der Waals surface area contributed by atoms with Gasteiger partial charge in [-0.15, -0.1) is 0 Å². The Morgan fingerprint density at radius 2 is 1.78 bits per heavy atom. The van der Waals surface area contributed by atoms with Gasteiger partial charge in [0, 0.05) is 5.69 Å². The lowest BCUT2D eigenvalue weighted by Crippen LogP contribution is -2.54. The largest absolute Gasteiger partial charge is 0.494 e. The minimum Gasteiger partial charge on any atom is -0.494 e. The highest BCUT2D eigenvalue weighted by Gasteiger charge is 2.32. The number of anilines is 1. The molecule has 0 unspecified atom stereocenters. The first-order chi connectivity index (χ1) is 10.9. The lowest BCUT2D eigenvalue weighted by molar-refractivity contribution is 0.305. The summed E-state index contributed by atoms with van der Waals surface area (Å²) < 4.78 is 5.76. The third-order valence-electron chi connectivity index (χ3n) is 3.76. The van der Waals surface area contributed by atoms with Gasteiger partial charge in [0.05, 0.1) is 6.61 Å². The van der Waals surface area contributed by atoms with E-state index in [0.29, 0.717) is 5.96 Å². The van der Waals surface area contributed by atoms with Crippen molar-refractivity contribution in [2.45, 2.75) is 52.1 Å². The molecule has 0 radical (unpaired) electrons. The monoisotopic (exact) mass is 317 g/mol. The highest BCUT2D eigenvalue weighted by Crippen LogP contribution is 2.28.